The highest BCUT2D eigenvalue weighted by Crippen LogP contribution is 2.05. The van der Waals surface area contributed by atoms with Crippen LogP contribution in [0.15, 0.2) is 0 Å². The molecule has 1 N–H and O–H groups in total. The van der Waals surface area contributed by atoms with Gasteiger partial charge >= 0.3 is 0 Å². The first-order chi connectivity index (χ1) is 3.70. The molecular formula is C5H9NOS. The lowest BCUT2D eigenvalue weighted by Crippen LogP contribution is -2.25. The SMILES string of the molecule is C[C@@H]1NC(=S)O[C@H]1C. The molecule has 0 aromatic carbocycles. The minimum Gasteiger partial charge on any atom is -0.466 e. The van der Waals surface area contributed by atoms with Crippen molar-refractivity contribution in [3.05, 3.63) is 0 Å². The summed E-state index contributed by atoms with van der Waals surface area (Å²) < 4.78 is 5.09. The maximum atomic E-state index is 5.09. The molecule has 2 nitrogen and oxygen atoms in total. The average Bonchev–Trinajstić information content (AvgIpc) is 1.85. The largest absolute Gasteiger partial charge is 0.466 e. The zero-order valence-electron chi connectivity index (χ0n) is 4.97. The fourth-order valence-electron chi connectivity index (χ4n) is 0.608. The van der Waals surface area contributed by atoms with Crippen LogP contribution in [0.1, 0.15) is 13.8 Å². The maximum absolute atomic E-state index is 5.09. The third-order valence-electron chi connectivity index (χ3n) is 1.34. The highest BCUT2D eigenvalue weighted by Gasteiger charge is 2.22. The van der Waals surface area contributed by atoms with Crippen LogP contribution >= 0.6 is 12.2 Å². The molecule has 46 valence electrons. The molecule has 0 aromatic rings. The Kier molecular flexibility index (Phi) is 1.38. The van der Waals surface area contributed by atoms with Gasteiger partial charge in [0.15, 0.2) is 0 Å². The highest BCUT2D eigenvalue weighted by molar-refractivity contribution is 7.80. The van der Waals surface area contributed by atoms with Crippen LogP contribution in [0, 0.1) is 0 Å². The van der Waals surface area contributed by atoms with E-state index in [0.29, 0.717) is 11.2 Å². The Morgan fingerprint density at radius 2 is 2.25 bits per heavy atom. The molecule has 0 bridgehead atoms. The van der Waals surface area contributed by atoms with Crippen LogP contribution in [-0.4, -0.2) is 17.3 Å². The standard InChI is InChI=1S/C5H9NOS/c1-3-4(2)7-5(8)6-3/h3-4H,1-2H3,(H,6,8)/t3-,4-/m0/s1. The van der Waals surface area contributed by atoms with Gasteiger partial charge in [-0.25, -0.2) is 0 Å². The van der Waals surface area contributed by atoms with Crippen LogP contribution in [0.3, 0.4) is 0 Å². The molecule has 3 heteroatoms. The zero-order valence-corrected chi connectivity index (χ0v) is 5.79. The Morgan fingerprint density at radius 3 is 2.38 bits per heavy atom. The summed E-state index contributed by atoms with van der Waals surface area (Å²) in [6.07, 6.45) is 0.238. The van der Waals surface area contributed by atoms with Crippen molar-refractivity contribution in [3.8, 4) is 0 Å². The molecular weight excluding hydrogens is 122 g/mol. The number of rotatable bonds is 0. The molecule has 1 rings (SSSR count). The monoisotopic (exact) mass is 131 g/mol. The molecule has 0 aliphatic carbocycles. The van der Waals surface area contributed by atoms with Crippen molar-refractivity contribution >= 4 is 17.4 Å². The molecule has 8 heavy (non-hydrogen) atoms. The van der Waals surface area contributed by atoms with Gasteiger partial charge in [-0.1, -0.05) is 0 Å². The molecule has 1 heterocycles. The molecule has 0 aromatic heterocycles. The van der Waals surface area contributed by atoms with Crippen molar-refractivity contribution in [1.29, 1.82) is 0 Å². The minimum absolute atomic E-state index is 0.238. The second-order valence-corrected chi connectivity index (χ2v) is 2.41. The summed E-state index contributed by atoms with van der Waals surface area (Å²) in [7, 11) is 0. The first kappa shape index (κ1) is 5.82. The maximum Gasteiger partial charge on any atom is 0.257 e. The van der Waals surface area contributed by atoms with E-state index in [0.717, 1.165) is 0 Å². The molecule has 0 radical (unpaired) electrons. The molecule has 1 fully saturated rings. The van der Waals surface area contributed by atoms with Gasteiger partial charge in [0, 0.05) is 0 Å². The average molecular weight is 131 g/mol. The number of thiocarbonyl (C=S) groups is 1. The van der Waals surface area contributed by atoms with E-state index in [2.05, 4.69) is 5.32 Å². The highest BCUT2D eigenvalue weighted by atomic mass is 32.1. The van der Waals surface area contributed by atoms with Gasteiger partial charge < -0.3 is 10.1 Å². The molecule has 1 saturated heterocycles. The van der Waals surface area contributed by atoms with Gasteiger partial charge in [0.2, 0.25) is 0 Å². The van der Waals surface area contributed by atoms with Crippen molar-refractivity contribution in [2.24, 2.45) is 0 Å². The first-order valence-corrected chi connectivity index (χ1v) is 3.08. The Balaban J connectivity index is 2.51. The Morgan fingerprint density at radius 1 is 1.62 bits per heavy atom. The zero-order chi connectivity index (χ0) is 6.15. The first-order valence-electron chi connectivity index (χ1n) is 2.67. The van der Waals surface area contributed by atoms with E-state index < -0.39 is 0 Å². The molecule has 0 unspecified atom stereocenters. The second kappa shape index (κ2) is 1.90. The van der Waals surface area contributed by atoms with Gasteiger partial charge in [-0.3, -0.25) is 0 Å². The Bertz CT molecular complexity index is 103. The fourth-order valence-corrected chi connectivity index (χ4v) is 0.946. The van der Waals surface area contributed by atoms with E-state index in [1.165, 1.54) is 0 Å². The second-order valence-electron chi connectivity index (χ2n) is 2.04. The van der Waals surface area contributed by atoms with Crippen molar-refractivity contribution in [1.82, 2.24) is 5.32 Å². The van der Waals surface area contributed by atoms with E-state index in [1.807, 2.05) is 13.8 Å². The van der Waals surface area contributed by atoms with Crippen molar-refractivity contribution in [2.45, 2.75) is 26.0 Å². The van der Waals surface area contributed by atoms with Crippen LogP contribution in [0.25, 0.3) is 0 Å². The van der Waals surface area contributed by atoms with Crippen LogP contribution in [-0.2, 0) is 4.74 Å². The molecule has 2 atom stereocenters. The summed E-state index contributed by atoms with van der Waals surface area (Å²) in [6.45, 7) is 4.04. The predicted octanol–water partition coefficient (Wildman–Crippen LogP) is 0.668. The van der Waals surface area contributed by atoms with Crippen LogP contribution in [0.2, 0.25) is 0 Å². The molecule has 1 aliphatic rings. The number of hydrogen-bond acceptors (Lipinski definition) is 2. The summed E-state index contributed by atoms with van der Waals surface area (Å²) in [5.74, 6) is 0. The number of hydrogen-bond donors (Lipinski definition) is 1. The van der Waals surface area contributed by atoms with Crippen LogP contribution in [0.5, 0.6) is 0 Å². The smallest absolute Gasteiger partial charge is 0.257 e. The van der Waals surface area contributed by atoms with Gasteiger partial charge in [-0.15, -0.1) is 0 Å². The molecule has 0 saturated carbocycles. The van der Waals surface area contributed by atoms with Gasteiger partial charge in [-0.05, 0) is 26.1 Å². The predicted molar refractivity (Wildman–Crippen MR) is 35.7 cm³/mol. The third-order valence-corrected chi connectivity index (χ3v) is 1.56. The van der Waals surface area contributed by atoms with Crippen molar-refractivity contribution < 1.29 is 4.74 Å². The van der Waals surface area contributed by atoms with Crippen LogP contribution < -0.4 is 5.32 Å². The lowest BCUT2D eigenvalue weighted by atomic mass is 10.2. The number of nitrogens with one attached hydrogen (secondary N) is 1. The van der Waals surface area contributed by atoms with Gasteiger partial charge in [0.05, 0.1) is 6.04 Å². The lowest BCUT2D eigenvalue weighted by molar-refractivity contribution is 0.231. The summed E-state index contributed by atoms with van der Waals surface area (Å²) in [5, 5.41) is 3.51. The Labute approximate surface area is 54.2 Å². The summed E-state index contributed by atoms with van der Waals surface area (Å²) in [4.78, 5) is 0. The van der Waals surface area contributed by atoms with Crippen LogP contribution in [0.4, 0.5) is 0 Å². The van der Waals surface area contributed by atoms with Gasteiger partial charge in [0.25, 0.3) is 5.17 Å². The van der Waals surface area contributed by atoms with E-state index >= 15 is 0 Å². The third kappa shape index (κ3) is 0.916. The Hall–Kier alpha value is -0.310. The van der Waals surface area contributed by atoms with Gasteiger partial charge in [0.1, 0.15) is 6.10 Å². The van der Waals surface area contributed by atoms with Crippen molar-refractivity contribution in [3.63, 3.8) is 0 Å². The molecule has 1 aliphatic heterocycles. The van der Waals surface area contributed by atoms with E-state index in [-0.39, 0.29) is 6.10 Å². The topological polar surface area (TPSA) is 21.3 Å². The lowest BCUT2D eigenvalue weighted by Gasteiger charge is -2.03. The fraction of sp³-hybridized carbons (Fsp3) is 0.800. The van der Waals surface area contributed by atoms with E-state index in [4.69, 9.17) is 17.0 Å². The summed E-state index contributed by atoms with van der Waals surface area (Å²) >= 11 is 4.74. The summed E-state index contributed by atoms with van der Waals surface area (Å²) in [5.41, 5.74) is 0. The molecule has 0 amide bonds. The quantitative estimate of drug-likeness (QED) is 0.488. The normalized spacial score (nSPS) is 36.5. The number of ether oxygens (including phenoxy) is 1. The summed E-state index contributed by atoms with van der Waals surface area (Å²) in [6, 6.07) is 0.377. The minimum atomic E-state index is 0.238. The van der Waals surface area contributed by atoms with E-state index in [1.54, 1.807) is 0 Å². The molecule has 0 spiro atoms. The van der Waals surface area contributed by atoms with Crippen molar-refractivity contribution in [2.75, 3.05) is 0 Å². The van der Waals surface area contributed by atoms with Gasteiger partial charge in [-0.2, -0.15) is 0 Å². The van der Waals surface area contributed by atoms with E-state index in [9.17, 15) is 0 Å².